The van der Waals surface area contributed by atoms with Crippen LogP contribution in [0.25, 0.3) is 10.8 Å². The van der Waals surface area contributed by atoms with Gasteiger partial charge in [-0.15, -0.1) is 0 Å². The predicted octanol–water partition coefficient (Wildman–Crippen LogP) is 1.77. The Morgan fingerprint density at radius 1 is 1.11 bits per heavy atom. The van der Waals surface area contributed by atoms with Crippen LogP contribution in [-0.2, 0) is 20.8 Å². The molecule has 0 bridgehead atoms. The third kappa shape index (κ3) is 7.12. The summed E-state index contributed by atoms with van der Waals surface area (Å²) in [5.41, 5.74) is 0.625. The number of aliphatic hydroxyl groups is 3. The van der Waals surface area contributed by atoms with Crippen LogP contribution in [0.1, 0.15) is 19.4 Å². The van der Waals surface area contributed by atoms with Gasteiger partial charge in [-0.1, -0.05) is 60.4 Å². The summed E-state index contributed by atoms with van der Waals surface area (Å²) in [5.74, 6) is 4.61. The largest absolute Gasteiger partial charge is 0.479 e. The zero-order valence-corrected chi connectivity index (χ0v) is 20.2. The molecule has 188 valence electrons. The number of aliphatic hydroxyl groups excluding tert-OH is 3. The first kappa shape index (κ1) is 26.8. The Kier molecular flexibility index (Phi) is 9.03. The number of carboxylic acids is 1. The number of ether oxygens (including phenoxy) is 2. The Balaban J connectivity index is 1.50. The van der Waals surface area contributed by atoms with Gasteiger partial charge >= 0.3 is 5.97 Å². The third-order valence-electron chi connectivity index (χ3n) is 5.77. The Morgan fingerprint density at radius 2 is 1.83 bits per heavy atom. The van der Waals surface area contributed by atoms with Crippen LogP contribution in [0.4, 0.5) is 0 Å². The van der Waals surface area contributed by atoms with Gasteiger partial charge < -0.3 is 29.9 Å². The van der Waals surface area contributed by atoms with E-state index in [0.717, 1.165) is 6.54 Å². The molecule has 1 fully saturated rings. The minimum absolute atomic E-state index is 0.0195. The molecular formula is C27H33NO7. The van der Waals surface area contributed by atoms with Crippen LogP contribution in [-0.4, -0.2) is 82.2 Å². The summed E-state index contributed by atoms with van der Waals surface area (Å²) in [4.78, 5) is 13.4. The number of nitrogens with zero attached hydrogens (tertiary/aromatic N) is 1. The van der Waals surface area contributed by atoms with Crippen LogP contribution in [0.3, 0.4) is 0 Å². The normalized spacial score (nSPS) is 25.1. The third-order valence-corrected chi connectivity index (χ3v) is 5.77. The molecule has 0 aliphatic carbocycles. The monoisotopic (exact) mass is 483 g/mol. The zero-order chi connectivity index (χ0) is 25.6. The maximum atomic E-state index is 11.2. The van der Waals surface area contributed by atoms with E-state index in [0.29, 0.717) is 6.54 Å². The van der Waals surface area contributed by atoms with E-state index in [-0.39, 0.29) is 6.61 Å². The molecule has 8 nitrogen and oxygen atoms in total. The molecule has 0 aromatic heterocycles. The van der Waals surface area contributed by atoms with Crippen LogP contribution in [0.2, 0.25) is 0 Å². The lowest BCUT2D eigenvalue weighted by molar-refractivity contribution is -0.297. The van der Waals surface area contributed by atoms with Gasteiger partial charge in [0.05, 0.1) is 6.61 Å². The van der Waals surface area contributed by atoms with Gasteiger partial charge in [0.25, 0.3) is 0 Å². The van der Waals surface area contributed by atoms with Crippen molar-refractivity contribution in [2.24, 2.45) is 5.41 Å². The first-order valence-electron chi connectivity index (χ1n) is 11.5. The fourth-order valence-electron chi connectivity index (χ4n) is 3.83. The lowest BCUT2D eigenvalue weighted by Gasteiger charge is -2.39. The SMILES string of the molecule is CN(C/C=C/C#CC(C)(C)COC1OC(C(=O)O)C(O)C(O)C1O)Cc1cccc2ccccc12. The van der Waals surface area contributed by atoms with Crippen LogP contribution >= 0.6 is 0 Å². The molecule has 0 saturated carbocycles. The quantitative estimate of drug-likeness (QED) is 0.420. The molecular weight excluding hydrogens is 450 g/mol. The van der Waals surface area contributed by atoms with E-state index >= 15 is 0 Å². The maximum absolute atomic E-state index is 11.2. The predicted molar refractivity (Wildman–Crippen MR) is 131 cm³/mol. The molecule has 0 radical (unpaired) electrons. The molecule has 0 amide bonds. The van der Waals surface area contributed by atoms with E-state index in [1.165, 1.54) is 16.3 Å². The number of aliphatic carboxylic acids is 1. The average molecular weight is 484 g/mol. The molecule has 0 spiro atoms. The van der Waals surface area contributed by atoms with Crippen LogP contribution in [0.15, 0.2) is 54.6 Å². The van der Waals surface area contributed by atoms with Gasteiger partial charge in [0.15, 0.2) is 12.4 Å². The van der Waals surface area contributed by atoms with Gasteiger partial charge in [-0.2, -0.15) is 0 Å². The van der Waals surface area contributed by atoms with Crippen molar-refractivity contribution in [3.63, 3.8) is 0 Å². The highest BCUT2D eigenvalue weighted by molar-refractivity contribution is 5.85. The topological polar surface area (TPSA) is 120 Å². The first-order chi connectivity index (χ1) is 16.6. The zero-order valence-electron chi connectivity index (χ0n) is 20.2. The summed E-state index contributed by atoms with van der Waals surface area (Å²) in [7, 11) is 2.04. The van der Waals surface area contributed by atoms with Crippen molar-refractivity contribution < 1.29 is 34.7 Å². The number of likely N-dealkylation sites (N-methyl/N-ethyl adjacent to an activating group) is 1. The molecule has 2 aromatic rings. The van der Waals surface area contributed by atoms with Crippen molar-refractivity contribution in [3.8, 4) is 11.8 Å². The minimum Gasteiger partial charge on any atom is -0.479 e. The smallest absolute Gasteiger partial charge is 0.335 e. The van der Waals surface area contributed by atoms with Gasteiger partial charge in [-0.3, -0.25) is 4.90 Å². The van der Waals surface area contributed by atoms with Crippen LogP contribution in [0.5, 0.6) is 0 Å². The van der Waals surface area contributed by atoms with E-state index < -0.39 is 42.1 Å². The fourth-order valence-corrected chi connectivity index (χ4v) is 3.83. The summed E-state index contributed by atoms with van der Waals surface area (Å²) >= 11 is 0. The molecule has 8 heteroatoms. The van der Waals surface area contributed by atoms with Crippen molar-refractivity contribution in [1.29, 1.82) is 0 Å². The number of carbonyl (C=O) groups is 1. The minimum atomic E-state index is -1.75. The summed E-state index contributed by atoms with van der Waals surface area (Å²) in [6.45, 7) is 5.20. The lowest BCUT2D eigenvalue weighted by atomic mass is 9.95. The summed E-state index contributed by atoms with van der Waals surface area (Å²) in [5, 5.41) is 41.3. The van der Waals surface area contributed by atoms with Crippen molar-refractivity contribution in [1.82, 2.24) is 4.90 Å². The number of allylic oxidation sites excluding steroid dienone is 1. The molecule has 1 saturated heterocycles. The number of benzene rings is 2. The van der Waals surface area contributed by atoms with Crippen molar-refractivity contribution in [2.45, 2.75) is 51.1 Å². The van der Waals surface area contributed by atoms with Gasteiger partial charge in [-0.25, -0.2) is 4.79 Å². The highest BCUT2D eigenvalue weighted by atomic mass is 16.7. The molecule has 5 unspecified atom stereocenters. The second-order valence-electron chi connectivity index (χ2n) is 9.44. The lowest BCUT2D eigenvalue weighted by Crippen LogP contribution is -2.60. The maximum Gasteiger partial charge on any atom is 0.335 e. The van der Waals surface area contributed by atoms with E-state index in [2.05, 4.69) is 47.1 Å². The number of rotatable bonds is 8. The van der Waals surface area contributed by atoms with E-state index in [4.69, 9.17) is 14.6 Å². The Labute approximate surface area is 205 Å². The van der Waals surface area contributed by atoms with E-state index in [9.17, 15) is 20.1 Å². The number of carboxylic acid groups (broad SMARTS) is 1. The molecule has 4 N–H and O–H groups in total. The Morgan fingerprint density at radius 3 is 2.57 bits per heavy atom. The number of hydrogen-bond donors (Lipinski definition) is 4. The highest BCUT2D eigenvalue weighted by Crippen LogP contribution is 2.25. The standard InChI is InChI=1S/C27H33NO7/c1-27(2,17-34-26-23(31)21(29)22(30)24(35-26)25(32)33)14-7-4-8-15-28(3)16-19-12-9-11-18-10-5-6-13-20(18)19/h4-6,8-13,21-24,26,29-31H,15-17H2,1-3H3,(H,32,33)/b8-4+. The van der Waals surface area contributed by atoms with Gasteiger partial charge in [-0.05, 0) is 43.3 Å². The van der Waals surface area contributed by atoms with Gasteiger partial charge in [0, 0.05) is 18.5 Å². The van der Waals surface area contributed by atoms with Gasteiger partial charge in [0.2, 0.25) is 0 Å². The molecule has 3 rings (SSSR count). The summed E-state index contributed by atoms with van der Waals surface area (Å²) < 4.78 is 10.6. The number of hydrogen-bond acceptors (Lipinski definition) is 7. The van der Waals surface area contributed by atoms with E-state index in [1.807, 2.05) is 39.1 Å². The second-order valence-corrected chi connectivity index (χ2v) is 9.44. The second kappa shape index (κ2) is 11.8. The van der Waals surface area contributed by atoms with E-state index in [1.54, 1.807) is 6.08 Å². The van der Waals surface area contributed by atoms with Crippen LogP contribution in [0, 0.1) is 17.3 Å². The van der Waals surface area contributed by atoms with Crippen molar-refractivity contribution >= 4 is 16.7 Å². The number of fused-ring (bicyclic) bond motifs is 1. The average Bonchev–Trinajstić information content (AvgIpc) is 2.82. The summed E-state index contributed by atoms with van der Waals surface area (Å²) in [6.07, 6.45) is -4.37. The fraction of sp³-hybridized carbons (Fsp3) is 0.444. The molecule has 2 aromatic carbocycles. The van der Waals surface area contributed by atoms with Gasteiger partial charge in [0.1, 0.15) is 18.3 Å². The molecule has 1 heterocycles. The van der Waals surface area contributed by atoms with Crippen molar-refractivity contribution in [3.05, 3.63) is 60.2 Å². The summed E-state index contributed by atoms with van der Waals surface area (Å²) in [6, 6.07) is 14.6. The highest BCUT2D eigenvalue weighted by Gasteiger charge is 2.47. The van der Waals surface area contributed by atoms with Crippen LogP contribution < -0.4 is 0 Å². The Hall–Kier alpha value is -2.77. The molecule has 1 aliphatic heterocycles. The molecule has 1 aliphatic rings. The van der Waals surface area contributed by atoms with Crippen molar-refractivity contribution in [2.75, 3.05) is 20.2 Å². The molecule has 35 heavy (non-hydrogen) atoms. The molecule has 5 atom stereocenters. The Bertz CT molecular complexity index is 1100. The first-order valence-corrected chi connectivity index (χ1v) is 11.5.